The summed E-state index contributed by atoms with van der Waals surface area (Å²) in [5.74, 6) is 0.323. The molecule has 0 saturated carbocycles. The molecule has 1 aromatic carbocycles. The molecule has 140 valence electrons. The number of unbranched alkanes of at least 4 members (excludes halogenated alkanes) is 1. The van der Waals surface area contributed by atoms with Crippen LogP contribution in [0.4, 0.5) is 0 Å². The normalized spacial score (nSPS) is 15.7. The number of para-hydroxylation sites is 1. The van der Waals surface area contributed by atoms with Crippen LogP contribution in [0.3, 0.4) is 0 Å². The number of methoxy groups -OCH3 is 3. The summed E-state index contributed by atoms with van der Waals surface area (Å²) >= 11 is 0. The first-order valence-corrected chi connectivity index (χ1v) is 8.54. The van der Waals surface area contributed by atoms with E-state index in [4.69, 9.17) is 14.2 Å². The average Bonchev–Trinajstić information content (AvgIpc) is 2.89. The summed E-state index contributed by atoms with van der Waals surface area (Å²) < 4.78 is 15.6. The fraction of sp³-hybridized carbons (Fsp3) is 0.400. The highest BCUT2D eigenvalue weighted by Gasteiger charge is 2.36. The summed E-state index contributed by atoms with van der Waals surface area (Å²) in [7, 11) is 4.39. The van der Waals surface area contributed by atoms with Gasteiger partial charge in [0.15, 0.2) is 11.5 Å². The number of rotatable bonds is 7. The number of ether oxygens (including phenoxy) is 3. The molecule has 0 radical (unpaired) electrons. The quantitative estimate of drug-likeness (QED) is 0.553. The van der Waals surface area contributed by atoms with Crippen molar-refractivity contribution in [1.82, 2.24) is 4.90 Å². The van der Waals surface area contributed by atoms with Gasteiger partial charge in [-0.3, -0.25) is 4.79 Å². The lowest BCUT2D eigenvalue weighted by Crippen LogP contribution is -2.26. The number of esters is 1. The molecule has 6 heteroatoms. The van der Waals surface area contributed by atoms with Crippen LogP contribution in [-0.2, 0) is 14.3 Å². The molecule has 1 amide bonds. The van der Waals surface area contributed by atoms with Gasteiger partial charge in [-0.2, -0.15) is 0 Å². The maximum atomic E-state index is 12.9. The third kappa shape index (κ3) is 3.59. The lowest BCUT2D eigenvalue weighted by Gasteiger charge is -2.17. The molecule has 0 saturated heterocycles. The number of carbonyl (C=O) groups is 2. The Labute approximate surface area is 154 Å². The standard InChI is InChI=1S/C20H25NO5/c1-6-7-11-21-13(2)17(20(23)26-5)15(19(21)22)12-14-9-8-10-16(24-3)18(14)25-4/h8-10,12H,6-7,11H2,1-5H3/b15-12-. The Morgan fingerprint density at radius 2 is 1.92 bits per heavy atom. The van der Waals surface area contributed by atoms with E-state index in [1.807, 2.05) is 0 Å². The van der Waals surface area contributed by atoms with E-state index in [9.17, 15) is 9.59 Å². The summed E-state index contributed by atoms with van der Waals surface area (Å²) in [5, 5.41) is 0. The molecule has 26 heavy (non-hydrogen) atoms. The first kappa shape index (κ1) is 19.6. The molecule has 1 aliphatic heterocycles. The van der Waals surface area contributed by atoms with Crippen molar-refractivity contribution in [2.24, 2.45) is 0 Å². The second-order valence-corrected chi connectivity index (χ2v) is 5.90. The Balaban J connectivity index is 2.58. The van der Waals surface area contributed by atoms with Crippen LogP contribution in [0.15, 0.2) is 35.0 Å². The molecule has 0 fully saturated rings. The summed E-state index contributed by atoms with van der Waals surface area (Å²) in [5.41, 5.74) is 1.86. The maximum Gasteiger partial charge on any atom is 0.340 e. The number of amides is 1. The SMILES string of the molecule is CCCCN1C(=O)/C(=C\c2cccc(OC)c2OC)C(C(=O)OC)=C1C. The molecule has 1 heterocycles. The number of allylic oxidation sites excluding steroid dienone is 1. The van der Waals surface area contributed by atoms with Crippen molar-refractivity contribution in [3.63, 3.8) is 0 Å². The van der Waals surface area contributed by atoms with Crippen molar-refractivity contribution in [3.05, 3.63) is 40.6 Å². The zero-order valence-electron chi connectivity index (χ0n) is 15.9. The molecule has 6 nitrogen and oxygen atoms in total. The fourth-order valence-corrected chi connectivity index (χ4v) is 2.99. The van der Waals surface area contributed by atoms with E-state index in [2.05, 4.69) is 6.92 Å². The maximum absolute atomic E-state index is 12.9. The third-order valence-electron chi connectivity index (χ3n) is 4.37. The van der Waals surface area contributed by atoms with Gasteiger partial charge in [-0.05, 0) is 25.5 Å². The van der Waals surface area contributed by atoms with Crippen LogP contribution in [0.25, 0.3) is 6.08 Å². The van der Waals surface area contributed by atoms with Crippen LogP contribution in [0.1, 0.15) is 32.3 Å². The van der Waals surface area contributed by atoms with Crippen molar-refractivity contribution in [1.29, 1.82) is 0 Å². The number of hydrogen-bond acceptors (Lipinski definition) is 5. The van der Waals surface area contributed by atoms with Crippen LogP contribution in [0.5, 0.6) is 11.5 Å². The van der Waals surface area contributed by atoms with Gasteiger partial charge in [-0.1, -0.05) is 25.5 Å². The summed E-state index contributed by atoms with van der Waals surface area (Å²) in [6, 6.07) is 5.38. The minimum Gasteiger partial charge on any atom is -0.493 e. The van der Waals surface area contributed by atoms with Gasteiger partial charge in [0.1, 0.15) is 0 Å². The van der Waals surface area contributed by atoms with Crippen molar-refractivity contribution >= 4 is 18.0 Å². The Bertz CT molecular complexity index is 763. The molecule has 1 aromatic rings. The molecule has 0 N–H and O–H groups in total. The monoisotopic (exact) mass is 359 g/mol. The van der Waals surface area contributed by atoms with Crippen molar-refractivity contribution in [3.8, 4) is 11.5 Å². The van der Waals surface area contributed by atoms with Crippen LogP contribution >= 0.6 is 0 Å². The molecule has 0 spiro atoms. The van der Waals surface area contributed by atoms with Crippen molar-refractivity contribution in [2.75, 3.05) is 27.9 Å². The van der Waals surface area contributed by atoms with E-state index < -0.39 is 5.97 Å². The number of benzene rings is 1. The Morgan fingerprint density at radius 1 is 1.19 bits per heavy atom. The lowest BCUT2D eigenvalue weighted by molar-refractivity contribution is -0.136. The fourth-order valence-electron chi connectivity index (χ4n) is 2.99. The lowest BCUT2D eigenvalue weighted by atomic mass is 10.0. The Hall–Kier alpha value is -2.76. The van der Waals surface area contributed by atoms with Crippen LogP contribution in [0.2, 0.25) is 0 Å². The topological polar surface area (TPSA) is 65.1 Å². The summed E-state index contributed by atoms with van der Waals surface area (Å²) in [4.78, 5) is 26.9. The van der Waals surface area contributed by atoms with Crippen LogP contribution in [0, 0.1) is 0 Å². The van der Waals surface area contributed by atoms with Crippen molar-refractivity contribution in [2.45, 2.75) is 26.7 Å². The minimum atomic E-state index is -0.525. The smallest absolute Gasteiger partial charge is 0.340 e. The second kappa shape index (κ2) is 8.56. The number of carbonyl (C=O) groups excluding carboxylic acids is 2. The first-order chi connectivity index (χ1) is 12.5. The molecule has 0 aliphatic carbocycles. The van der Waals surface area contributed by atoms with E-state index in [0.29, 0.717) is 40.5 Å². The second-order valence-electron chi connectivity index (χ2n) is 5.90. The van der Waals surface area contributed by atoms with Gasteiger partial charge >= 0.3 is 5.97 Å². The van der Waals surface area contributed by atoms with Crippen LogP contribution in [-0.4, -0.2) is 44.7 Å². The third-order valence-corrected chi connectivity index (χ3v) is 4.37. The van der Waals surface area contributed by atoms with Gasteiger partial charge in [-0.25, -0.2) is 4.79 Å². The molecule has 0 atom stereocenters. The molecule has 1 aliphatic rings. The molecule has 0 bridgehead atoms. The Kier molecular flexibility index (Phi) is 6.44. The molecule has 0 aromatic heterocycles. The zero-order chi connectivity index (χ0) is 19.3. The minimum absolute atomic E-state index is 0.207. The first-order valence-electron chi connectivity index (χ1n) is 8.54. The van der Waals surface area contributed by atoms with Gasteiger partial charge in [-0.15, -0.1) is 0 Å². The van der Waals surface area contributed by atoms with Crippen molar-refractivity contribution < 1.29 is 23.8 Å². The van der Waals surface area contributed by atoms with Gasteiger partial charge in [0.05, 0.1) is 32.5 Å². The van der Waals surface area contributed by atoms with Gasteiger partial charge in [0.25, 0.3) is 5.91 Å². The summed E-state index contributed by atoms with van der Waals surface area (Å²) in [6.45, 7) is 4.39. The van der Waals surface area contributed by atoms with E-state index >= 15 is 0 Å². The van der Waals surface area contributed by atoms with E-state index in [-0.39, 0.29) is 5.91 Å². The molecule has 2 rings (SSSR count). The Morgan fingerprint density at radius 3 is 2.50 bits per heavy atom. The van der Waals surface area contributed by atoms with E-state index in [1.165, 1.54) is 14.2 Å². The predicted molar refractivity (Wildman–Crippen MR) is 98.9 cm³/mol. The molecule has 0 unspecified atom stereocenters. The zero-order valence-corrected chi connectivity index (χ0v) is 15.9. The molecular weight excluding hydrogens is 334 g/mol. The highest BCUT2D eigenvalue weighted by molar-refractivity contribution is 6.16. The van der Waals surface area contributed by atoms with Gasteiger partial charge in [0, 0.05) is 17.8 Å². The molecular formula is C20H25NO5. The highest BCUT2D eigenvalue weighted by Crippen LogP contribution is 2.36. The summed E-state index contributed by atoms with van der Waals surface area (Å²) in [6.07, 6.45) is 3.46. The highest BCUT2D eigenvalue weighted by atomic mass is 16.5. The average molecular weight is 359 g/mol. The number of hydrogen-bond donors (Lipinski definition) is 0. The van der Waals surface area contributed by atoms with E-state index in [0.717, 1.165) is 12.8 Å². The predicted octanol–water partition coefficient (Wildman–Crippen LogP) is 3.18. The van der Waals surface area contributed by atoms with Gasteiger partial charge in [0.2, 0.25) is 0 Å². The largest absolute Gasteiger partial charge is 0.493 e. The van der Waals surface area contributed by atoms with E-state index in [1.54, 1.807) is 43.2 Å². The van der Waals surface area contributed by atoms with Gasteiger partial charge < -0.3 is 19.1 Å². The number of nitrogens with zero attached hydrogens (tertiary/aromatic N) is 1. The van der Waals surface area contributed by atoms with Crippen LogP contribution < -0.4 is 9.47 Å².